The van der Waals surface area contributed by atoms with Crippen LogP contribution in [0, 0.1) is 13.8 Å². The van der Waals surface area contributed by atoms with Crippen molar-refractivity contribution in [2.75, 3.05) is 11.9 Å². The number of amides is 1. The molecule has 0 bridgehead atoms. The number of hydrogen-bond donors (Lipinski definition) is 1. The van der Waals surface area contributed by atoms with Gasteiger partial charge >= 0.3 is 5.97 Å². The molecule has 0 spiro atoms. The Kier molecular flexibility index (Phi) is 5.02. The quantitative estimate of drug-likeness (QED) is 0.707. The number of carbonyl (C=O) groups excluding carboxylic acids is 2. The summed E-state index contributed by atoms with van der Waals surface area (Å²) in [5.74, 6) is -1.00. The number of carbonyl (C=O) groups is 2. The lowest BCUT2D eigenvalue weighted by Gasteiger charge is -2.10. The Morgan fingerprint density at radius 3 is 2.73 bits per heavy atom. The molecule has 132 valence electrons. The van der Waals surface area contributed by atoms with E-state index in [-0.39, 0.29) is 6.61 Å². The molecule has 26 heavy (non-hydrogen) atoms. The topological polar surface area (TPSA) is 99.0 Å². The van der Waals surface area contributed by atoms with E-state index in [9.17, 15) is 9.59 Å². The molecule has 1 amide bonds. The Morgan fingerprint density at radius 1 is 1.15 bits per heavy atom. The molecule has 2 aromatic carbocycles. The first-order valence-electron chi connectivity index (χ1n) is 7.90. The predicted molar refractivity (Wildman–Crippen MR) is 94.0 cm³/mol. The third-order valence-electron chi connectivity index (χ3n) is 3.69. The van der Waals surface area contributed by atoms with Gasteiger partial charge in [0.15, 0.2) is 6.61 Å². The Labute approximate surface area is 149 Å². The second-order valence-corrected chi connectivity index (χ2v) is 5.75. The molecular weight excluding hydrogens is 334 g/mol. The fourth-order valence-corrected chi connectivity index (χ4v) is 2.41. The highest BCUT2D eigenvalue weighted by atomic mass is 16.5. The van der Waals surface area contributed by atoms with E-state index in [2.05, 4.69) is 20.8 Å². The van der Waals surface area contributed by atoms with Gasteiger partial charge in [0.05, 0.1) is 11.3 Å². The molecule has 0 unspecified atom stereocenters. The van der Waals surface area contributed by atoms with Crippen molar-refractivity contribution in [3.63, 3.8) is 0 Å². The van der Waals surface area contributed by atoms with Crippen molar-refractivity contribution >= 4 is 17.6 Å². The lowest BCUT2D eigenvalue weighted by Crippen LogP contribution is -2.21. The van der Waals surface area contributed by atoms with Crippen LogP contribution in [0.25, 0.3) is 5.69 Å². The highest BCUT2D eigenvalue weighted by Crippen LogP contribution is 2.16. The molecule has 3 rings (SSSR count). The number of rotatable bonds is 5. The average molecular weight is 351 g/mol. The van der Waals surface area contributed by atoms with Crippen LogP contribution in [0.3, 0.4) is 0 Å². The average Bonchev–Trinajstić information content (AvgIpc) is 3.17. The van der Waals surface area contributed by atoms with E-state index < -0.39 is 11.9 Å². The summed E-state index contributed by atoms with van der Waals surface area (Å²) in [6.07, 6.45) is 1.42. The molecule has 8 heteroatoms. The predicted octanol–water partition coefficient (Wildman–Crippen LogP) is 2.07. The minimum atomic E-state index is -0.601. The highest BCUT2D eigenvalue weighted by Gasteiger charge is 2.12. The molecule has 8 nitrogen and oxygen atoms in total. The van der Waals surface area contributed by atoms with E-state index in [1.54, 1.807) is 24.3 Å². The molecule has 0 saturated heterocycles. The van der Waals surface area contributed by atoms with Crippen molar-refractivity contribution < 1.29 is 14.3 Å². The summed E-state index contributed by atoms with van der Waals surface area (Å²) in [5, 5.41) is 13.6. The summed E-state index contributed by atoms with van der Waals surface area (Å²) >= 11 is 0. The minimum Gasteiger partial charge on any atom is -0.452 e. The number of nitrogens with one attached hydrogen (secondary N) is 1. The molecule has 1 N–H and O–H groups in total. The summed E-state index contributed by atoms with van der Waals surface area (Å²) in [6.45, 7) is 3.50. The maximum absolute atomic E-state index is 12.2. The lowest BCUT2D eigenvalue weighted by atomic mass is 10.1. The van der Waals surface area contributed by atoms with Crippen LogP contribution in [-0.2, 0) is 9.53 Å². The first-order chi connectivity index (χ1) is 12.5. The standard InChI is InChI=1S/C18H17N5O3/c1-12-6-7-16(13(2)8-12)20-17(24)10-26-18(25)14-4-3-5-15(9-14)23-11-19-21-22-23/h3-9,11H,10H2,1-2H3,(H,20,24). The number of esters is 1. The van der Waals surface area contributed by atoms with Crippen LogP contribution >= 0.6 is 0 Å². The second-order valence-electron chi connectivity index (χ2n) is 5.75. The number of aryl methyl sites for hydroxylation is 2. The monoisotopic (exact) mass is 351 g/mol. The van der Waals surface area contributed by atoms with Crippen LogP contribution in [0.5, 0.6) is 0 Å². The molecule has 0 aliphatic carbocycles. The van der Waals surface area contributed by atoms with Crippen LogP contribution in [0.2, 0.25) is 0 Å². The summed E-state index contributed by atoms with van der Waals surface area (Å²) in [7, 11) is 0. The third kappa shape index (κ3) is 4.10. The Bertz CT molecular complexity index is 938. The van der Waals surface area contributed by atoms with Gasteiger partial charge < -0.3 is 10.1 Å². The molecule has 0 atom stereocenters. The van der Waals surface area contributed by atoms with Crippen LogP contribution in [0.15, 0.2) is 48.8 Å². The number of ether oxygens (including phenoxy) is 1. The summed E-state index contributed by atoms with van der Waals surface area (Å²) in [5.41, 5.74) is 3.66. The first kappa shape index (κ1) is 17.3. The number of hydrogen-bond acceptors (Lipinski definition) is 6. The van der Waals surface area contributed by atoms with E-state index in [4.69, 9.17) is 4.74 Å². The van der Waals surface area contributed by atoms with Crippen molar-refractivity contribution in [2.24, 2.45) is 0 Å². The molecule has 1 aromatic heterocycles. The van der Waals surface area contributed by atoms with Gasteiger partial charge in [-0.15, -0.1) is 5.10 Å². The normalized spacial score (nSPS) is 10.4. The van der Waals surface area contributed by atoms with E-state index in [0.717, 1.165) is 11.1 Å². The fraction of sp³-hybridized carbons (Fsp3) is 0.167. The number of nitrogens with zero attached hydrogens (tertiary/aromatic N) is 4. The Morgan fingerprint density at radius 2 is 2.00 bits per heavy atom. The minimum absolute atomic E-state index is 0.303. The van der Waals surface area contributed by atoms with Crippen molar-refractivity contribution in [2.45, 2.75) is 13.8 Å². The molecule has 0 radical (unpaired) electrons. The summed E-state index contributed by atoms with van der Waals surface area (Å²) < 4.78 is 6.51. The zero-order chi connectivity index (χ0) is 18.5. The van der Waals surface area contributed by atoms with E-state index in [1.165, 1.54) is 11.0 Å². The van der Waals surface area contributed by atoms with Gasteiger partial charge in [0.2, 0.25) is 0 Å². The number of tetrazole rings is 1. The number of aromatic nitrogens is 4. The van der Waals surface area contributed by atoms with Crippen molar-refractivity contribution in [3.8, 4) is 5.69 Å². The molecule has 1 heterocycles. The third-order valence-corrected chi connectivity index (χ3v) is 3.69. The van der Waals surface area contributed by atoms with E-state index in [0.29, 0.717) is 16.9 Å². The molecule has 0 saturated carbocycles. The van der Waals surface area contributed by atoms with Gasteiger partial charge in [-0.2, -0.15) is 0 Å². The summed E-state index contributed by atoms with van der Waals surface area (Å²) in [4.78, 5) is 24.2. The van der Waals surface area contributed by atoms with Crippen molar-refractivity contribution in [1.29, 1.82) is 0 Å². The van der Waals surface area contributed by atoms with Crippen LogP contribution in [0.4, 0.5) is 5.69 Å². The van der Waals surface area contributed by atoms with Gasteiger partial charge in [-0.3, -0.25) is 4.79 Å². The molecular formula is C18H17N5O3. The van der Waals surface area contributed by atoms with Crippen molar-refractivity contribution in [1.82, 2.24) is 20.2 Å². The van der Waals surface area contributed by atoms with E-state index >= 15 is 0 Å². The summed E-state index contributed by atoms with van der Waals surface area (Å²) in [6, 6.07) is 12.3. The molecule has 3 aromatic rings. The maximum atomic E-state index is 12.2. The van der Waals surface area contributed by atoms with Gasteiger partial charge in [-0.1, -0.05) is 23.8 Å². The Hall–Kier alpha value is -3.55. The van der Waals surface area contributed by atoms with Crippen LogP contribution in [-0.4, -0.2) is 38.7 Å². The highest BCUT2D eigenvalue weighted by molar-refractivity contribution is 5.96. The fourth-order valence-electron chi connectivity index (χ4n) is 2.41. The molecule has 0 aliphatic heterocycles. The van der Waals surface area contributed by atoms with Crippen LogP contribution < -0.4 is 5.32 Å². The lowest BCUT2D eigenvalue weighted by molar-refractivity contribution is -0.119. The van der Waals surface area contributed by atoms with E-state index in [1.807, 2.05) is 32.0 Å². The zero-order valence-electron chi connectivity index (χ0n) is 14.3. The largest absolute Gasteiger partial charge is 0.452 e. The first-order valence-corrected chi connectivity index (χ1v) is 7.90. The van der Waals surface area contributed by atoms with Gasteiger partial charge in [0, 0.05) is 5.69 Å². The smallest absolute Gasteiger partial charge is 0.338 e. The van der Waals surface area contributed by atoms with Gasteiger partial charge in [0.1, 0.15) is 6.33 Å². The number of benzene rings is 2. The molecule has 0 fully saturated rings. The van der Waals surface area contributed by atoms with Gasteiger partial charge in [-0.05, 0) is 54.1 Å². The van der Waals surface area contributed by atoms with Gasteiger partial charge in [-0.25, -0.2) is 9.48 Å². The zero-order valence-corrected chi connectivity index (χ0v) is 14.3. The Balaban J connectivity index is 1.60. The SMILES string of the molecule is Cc1ccc(NC(=O)COC(=O)c2cccc(-n3cnnn3)c2)c(C)c1. The second kappa shape index (κ2) is 7.56. The molecule has 0 aliphatic rings. The maximum Gasteiger partial charge on any atom is 0.338 e. The number of anilines is 1. The van der Waals surface area contributed by atoms with Crippen molar-refractivity contribution in [3.05, 3.63) is 65.5 Å². The van der Waals surface area contributed by atoms with Crippen LogP contribution in [0.1, 0.15) is 21.5 Å². The van der Waals surface area contributed by atoms with Gasteiger partial charge in [0.25, 0.3) is 5.91 Å².